The van der Waals surface area contributed by atoms with Crippen molar-refractivity contribution >= 4 is 21.9 Å². The zero-order valence-electron chi connectivity index (χ0n) is 19.4. The fourth-order valence-electron chi connectivity index (χ4n) is 3.12. The normalized spacial score (nSPS) is 11.9. The van der Waals surface area contributed by atoms with E-state index < -0.39 is 53.5 Å². The van der Waals surface area contributed by atoms with E-state index in [1.807, 2.05) is 0 Å². The molecule has 0 radical (unpaired) electrons. The van der Waals surface area contributed by atoms with E-state index >= 15 is 0 Å². The number of aromatic nitrogens is 2. The van der Waals surface area contributed by atoms with Gasteiger partial charge < -0.3 is 18.9 Å². The van der Waals surface area contributed by atoms with Crippen LogP contribution in [0.1, 0.15) is 5.69 Å². The molecular formula is C23H16BrF4N3O7. The molecule has 10 nitrogen and oxygen atoms in total. The lowest BCUT2D eigenvalue weighted by molar-refractivity contribution is -0.172. The second-order valence-corrected chi connectivity index (χ2v) is 8.13. The van der Waals surface area contributed by atoms with E-state index in [9.17, 15) is 31.9 Å². The second-order valence-electron chi connectivity index (χ2n) is 7.28. The van der Waals surface area contributed by atoms with Crippen molar-refractivity contribution in [2.45, 2.75) is 12.5 Å². The van der Waals surface area contributed by atoms with Crippen LogP contribution in [0.3, 0.4) is 0 Å². The van der Waals surface area contributed by atoms with E-state index in [0.29, 0.717) is 0 Å². The van der Waals surface area contributed by atoms with E-state index in [-0.39, 0.29) is 36.9 Å². The molecule has 1 heterocycles. The van der Waals surface area contributed by atoms with Gasteiger partial charge in [-0.2, -0.15) is 18.4 Å². The number of halogens is 5. The van der Waals surface area contributed by atoms with Crippen LogP contribution in [0.2, 0.25) is 0 Å². The molecule has 0 aliphatic heterocycles. The Balaban J connectivity index is 2.04. The summed E-state index contributed by atoms with van der Waals surface area (Å²) in [5.74, 6) is -2.41. The molecule has 0 fully saturated rings. The van der Waals surface area contributed by atoms with Gasteiger partial charge in [-0.1, -0.05) is 12.1 Å². The average Bonchev–Trinajstić information content (AvgIpc) is 2.86. The molecule has 2 aromatic carbocycles. The number of methoxy groups -OCH3 is 1. The molecule has 0 saturated carbocycles. The molecule has 0 aliphatic carbocycles. The van der Waals surface area contributed by atoms with Gasteiger partial charge in [-0.3, -0.25) is 9.36 Å². The first-order valence-corrected chi connectivity index (χ1v) is 11.1. The van der Waals surface area contributed by atoms with Crippen LogP contribution < -0.4 is 20.7 Å². The summed E-state index contributed by atoms with van der Waals surface area (Å²) in [5, 5.41) is 8.56. The van der Waals surface area contributed by atoms with Gasteiger partial charge >= 0.3 is 17.8 Å². The number of carbonyl (C=O) groups excluding carboxylic acids is 1. The molecule has 0 bridgehead atoms. The molecule has 0 saturated heterocycles. The third-order valence-electron chi connectivity index (χ3n) is 4.84. The highest BCUT2D eigenvalue weighted by molar-refractivity contribution is 9.10. The van der Waals surface area contributed by atoms with Crippen LogP contribution in [0.5, 0.6) is 17.2 Å². The number of carbonyl (C=O) groups is 1. The summed E-state index contributed by atoms with van der Waals surface area (Å²) in [6, 6.07) is 9.36. The Labute approximate surface area is 219 Å². The van der Waals surface area contributed by atoms with E-state index in [2.05, 4.69) is 20.7 Å². The van der Waals surface area contributed by atoms with Crippen LogP contribution in [0.25, 0.3) is 5.69 Å². The summed E-state index contributed by atoms with van der Waals surface area (Å²) < 4.78 is 75.6. The topological polar surface area (TPSA) is 122 Å². The number of para-hydroxylation sites is 2. The summed E-state index contributed by atoms with van der Waals surface area (Å²) in [7, 11) is 1.93. The van der Waals surface area contributed by atoms with Gasteiger partial charge in [0.1, 0.15) is 23.3 Å². The quantitative estimate of drug-likeness (QED) is 0.218. The Morgan fingerprint density at radius 3 is 2.39 bits per heavy atom. The van der Waals surface area contributed by atoms with Crippen molar-refractivity contribution in [2.75, 3.05) is 13.7 Å². The molecule has 3 aromatic rings. The van der Waals surface area contributed by atoms with Crippen molar-refractivity contribution in [1.82, 2.24) is 9.13 Å². The lowest BCUT2D eigenvalue weighted by Gasteiger charge is -2.19. The number of benzene rings is 2. The standard InChI is InChI=1S/C23H16BrF4N3O7/c1-30-18(23(26,27)28)11-19(32)31(22(30)34)14-10-17(12(24)9-13(14)25)37-15-5-3-4-6-16(15)38-21(35-2)20(33)36-8-7-29/h3-6,9-11,21H,8H2,1-2H3/t21-/m0/s1. The Morgan fingerprint density at radius 1 is 1.13 bits per heavy atom. The largest absolute Gasteiger partial charge is 0.452 e. The molecule has 0 unspecified atom stereocenters. The molecule has 0 amide bonds. The van der Waals surface area contributed by atoms with E-state index in [0.717, 1.165) is 26.3 Å². The summed E-state index contributed by atoms with van der Waals surface area (Å²) in [6.07, 6.45) is -6.59. The molecular weight excluding hydrogens is 586 g/mol. The Bertz CT molecular complexity index is 1530. The van der Waals surface area contributed by atoms with Gasteiger partial charge in [0, 0.05) is 26.3 Å². The minimum Gasteiger partial charge on any atom is -0.452 e. The van der Waals surface area contributed by atoms with Crippen molar-refractivity contribution in [3.63, 3.8) is 0 Å². The first-order valence-electron chi connectivity index (χ1n) is 10.3. The zero-order chi connectivity index (χ0) is 28.2. The maximum absolute atomic E-state index is 14.8. The zero-order valence-corrected chi connectivity index (χ0v) is 21.0. The van der Waals surface area contributed by atoms with Crippen molar-refractivity contribution in [3.05, 3.63) is 79.3 Å². The summed E-state index contributed by atoms with van der Waals surface area (Å²) >= 11 is 3.09. The highest BCUT2D eigenvalue weighted by Crippen LogP contribution is 2.37. The number of esters is 1. The molecule has 200 valence electrons. The Kier molecular flexibility index (Phi) is 8.59. The monoisotopic (exact) mass is 601 g/mol. The van der Waals surface area contributed by atoms with Crippen molar-refractivity contribution in [1.29, 1.82) is 5.26 Å². The molecule has 1 aromatic heterocycles. The number of ether oxygens (including phenoxy) is 4. The van der Waals surface area contributed by atoms with Gasteiger partial charge in [0.05, 0.1) is 10.2 Å². The minimum absolute atomic E-state index is 0.00191. The van der Waals surface area contributed by atoms with E-state index in [1.54, 1.807) is 6.07 Å². The van der Waals surface area contributed by atoms with Crippen LogP contribution in [0.4, 0.5) is 17.6 Å². The van der Waals surface area contributed by atoms with Crippen molar-refractivity contribution in [2.24, 2.45) is 7.05 Å². The van der Waals surface area contributed by atoms with Gasteiger partial charge in [0.25, 0.3) is 11.8 Å². The van der Waals surface area contributed by atoms with Crippen LogP contribution in [0.15, 0.2) is 56.5 Å². The number of alkyl halides is 3. The molecule has 0 aliphatic rings. The predicted octanol–water partition coefficient (Wildman–Crippen LogP) is 3.67. The molecule has 3 rings (SSSR count). The first kappa shape index (κ1) is 28.4. The fraction of sp³-hybridized carbons (Fsp3) is 0.217. The molecule has 1 atom stereocenters. The van der Waals surface area contributed by atoms with Crippen LogP contribution >= 0.6 is 15.9 Å². The first-order chi connectivity index (χ1) is 17.9. The van der Waals surface area contributed by atoms with E-state index in [4.69, 9.17) is 19.5 Å². The van der Waals surface area contributed by atoms with Crippen LogP contribution in [-0.2, 0) is 27.5 Å². The van der Waals surface area contributed by atoms with Crippen LogP contribution in [0, 0.1) is 17.1 Å². The lowest BCUT2D eigenvalue weighted by Crippen LogP contribution is -2.41. The van der Waals surface area contributed by atoms with Gasteiger partial charge in [-0.05, 0) is 34.1 Å². The SMILES string of the molecule is CO[C@@H](Oc1ccccc1Oc1cc(-n2c(=O)cc(C(F)(F)F)n(C)c2=O)c(F)cc1Br)C(=O)OCC#N. The average molecular weight is 602 g/mol. The van der Waals surface area contributed by atoms with Gasteiger partial charge in [0.15, 0.2) is 18.1 Å². The Hall–Kier alpha value is -4.16. The third-order valence-corrected chi connectivity index (χ3v) is 5.46. The highest BCUT2D eigenvalue weighted by atomic mass is 79.9. The molecule has 0 spiro atoms. The van der Waals surface area contributed by atoms with Crippen molar-refractivity contribution < 1.29 is 41.3 Å². The molecule has 0 N–H and O–H groups in total. The molecule has 38 heavy (non-hydrogen) atoms. The summed E-state index contributed by atoms with van der Waals surface area (Å²) in [4.78, 5) is 37.1. The fourth-order valence-corrected chi connectivity index (χ4v) is 3.51. The number of nitrogens with zero attached hydrogens (tertiary/aromatic N) is 3. The summed E-state index contributed by atoms with van der Waals surface area (Å²) in [5.41, 5.74) is -5.06. The van der Waals surface area contributed by atoms with Crippen LogP contribution in [-0.4, -0.2) is 35.1 Å². The number of hydrogen-bond donors (Lipinski definition) is 0. The highest BCUT2D eigenvalue weighted by Gasteiger charge is 2.35. The number of nitriles is 1. The Morgan fingerprint density at radius 2 is 1.79 bits per heavy atom. The maximum atomic E-state index is 14.8. The smallest absolute Gasteiger partial charge is 0.431 e. The minimum atomic E-state index is -5.00. The predicted molar refractivity (Wildman–Crippen MR) is 124 cm³/mol. The third kappa shape index (κ3) is 6.03. The second kappa shape index (κ2) is 11.5. The lowest BCUT2D eigenvalue weighted by atomic mass is 10.2. The van der Waals surface area contributed by atoms with Gasteiger partial charge in [-0.25, -0.2) is 18.5 Å². The van der Waals surface area contributed by atoms with E-state index in [1.165, 1.54) is 24.3 Å². The van der Waals surface area contributed by atoms with Gasteiger partial charge in [0.2, 0.25) is 0 Å². The molecule has 15 heteroatoms. The van der Waals surface area contributed by atoms with Gasteiger partial charge in [-0.15, -0.1) is 0 Å². The van der Waals surface area contributed by atoms with Crippen molar-refractivity contribution in [3.8, 4) is 29.0 Å². The number of hydrogen-bond acceptors (Lipinski definition) is 8. The maximum Gasteiger partial charge on any atom is 0.431 e. The summed E-state index contributed by atoms with van der Waals surface area (Å²) in [6.45, 7) is -0.547. The number of rotatable bonds is 8.